The van der Waals surface area contributed by atoms with Gasteiger partial charge in [0.2, 0.25) is 0 Å². The number of methoxy groups -OCH3 is 1. The van der Waals surface area contributed by atoms with Gasteiger partial charge in [0.05, 0.1) is 12.5 Å². The number of phenols is 2. The monoisotopic (exact) mass is 260 g/mol. The first-order valence-electron chi connectivity index (χ1n) is 5.94. The zero-order valence-corrected chi connectivity index (χ0v) is 10.9. The van der Waals surface area contributed by atoms with E-state index in [4.69, 9.17) is 9.47 Å². The average molecular weight is 260 g/mol. The number of fused-ring (bicyclic) bond motifs is 1. The van der Waals surface area contributed by atoms with Crippen molar-refractivity contribution in [3.8, 4) is 23.0 Å². The molecule has 0 aliphatic rings. The molecule has 0 radical (unpaired) electrons. The fourth-order valence-corrected chi connectivity index (χ4v) is 1.92. The Kier molecular flexibility index (Phi) is 3.80. The van der Waals surface area contributed by atoms with Gasteiger partial charge < -0.3 is 19.7 Å². The fraction of sp³-hybridized carbons (Fsp3) is 0.200. The number of phenolic OH excluding ortho intramolecular Hbond substituents is 2. The summed E-state index contributed by atoms with van der Waals surface area (Å²) in [4.78, 5) is 0. The molecule has 2 aromatic rings. The summed E-state index contributed by atoms with van der Waals surface area (Å²) in [6.45, 7) is 2.33. The minimum atomic E-state index is -0.0386. The minimum absolute atomic E-state index is 0.0193. The molecule has 0 amide bonds. The van der Waals surface area contributed by atoms with E-state index in [9.17, 15) is 10.2 Å². The Morgan fingerprint density at radius 1 is 1.16 bits per heavy atom. The second-order valence-corrected chi connectivity index (χ2v) is 4.03. The highest BCUT2D eigenvalue weighted by atomic mass is 16.5. The van der Waals surface area contributed by atoms with Crippen LogP contribution < -0.4 is 9.47 Å². The molecular formula is C15H16O4. The largest absolute Gasteiger partial charge is 0.508 e. The van der Waals surface area contributed by atoms with Crippen LogP contribution in [0.1, 0.15) is 6.92 Å². The number of hydrogen-bond acceptors (Lipinski definition) is 4. The van der Waals surface area contributed by atoms with E-state index >= 15 is 0 Å². The van der Waals surface area contributed by atoms with Crippen molar-refractivity contribution in [3.63, 3.8) is 0 Å². The molecule has 4 nitrogen and oxygen atoms in total. The Bertz CT molecular complexity index is 617. The third-order valence-electron chi connectivity index (χ3n) is 2.79. The number of aromatic hydroxyl groups is 2. The van der Waals surface area contributed by atoms with E-state index in [0.29, 0.717) is 28.9 Å². The van der Waals surface area contributed by atoms with Crippen molar-refractivity contribution in [2.24, 2.45) is 0 Å². The van der Waals surface area contributed by atoms with Crippen LogP contribution in [0.15, 0.2) is 36.4 Å². The minimum Gasteiger partial charge on any atom is -0.508 e. The van der Waals surface area contributed by atoms with Gasteiger partial charge in [-0.1, -0.05) is 12.2 Å². The van der Waals surface area contributed by atoms with E-state index in [2.05, 4.69) is 0 Å². The van der Waals surface area contributed by atoms with Crippen LogP contribution in [-0.4, -0.2) is 23.9 Å². The first kappa shape index (κ1) is 13.1. The zero-order valence-electron chi connectivity index (χ0n) is 10.9. The SMILES string of the molecule is C/C=C/COc1ccc(OC)c2c(O)cc(O)cc12. The molecule has 0 aliphatic heterocycles. The maximum atomic E-state index is 9.95. The molecule has 0 atom stereocenters. The van der Waals surface area contributed by atoms with Gasteiger partial charge in [-0.3, -0.25) is 0 Å². The van der Waals surface area contributed by atoms with E-state index in [1.54, 1.807) is 18.2 Å². The van der Waals surface area contributed by atoms with Crippen LogP contribution in [-0.2, 0) is 0 Å². The number of benzene rings is 2. The summed E-state index contributed by atoms with van der Waals surface area (Å²) >= 11 is 0. The van der Waals surface area contributed by atoms with Gasteiger partial charge in [0.25, 0.3) is 0 Å². The molecule has 4 heteroatoms. The number of hydrogen-bond donors (Lipinski definition) is 2. The molecule has 0 spiro atoms. The van der Waals surface area contributed by atoms with Crippen LogP contribution in [0, 0.1) is 0 Å². The van der Waals surface area contributed by atoms with E-state index in [1.165, 1.54) is 13.2 Å². The van der Waals surface area contributed by atoms with Crippen LogP contribution in [0.3, 0.4) is 0 Å². The molecule has 0 bridgehead atoms. The lowest BCUT2D eigenvalue weighted by Gasteiger charge is -2.12. The molecule has 2 N–H and O–H groups in total. The van der Waals surface area contributed by atoms with Gasteiger partial charge >= 0.3 is 0 Å². The Labute approximate surface area is 111 Å². The predicted molar refractivity (Wildman–Crippen MR) is 74.1 cm³/mol. The highest BCUT2D eigenvalue weighted by Crippen LogP contribution is 2.41. The lowest BCUT2D eigenvalue weighted by atomic mass is 10.1. The van der Waals surface area contributed by atoms with Gasteiger partial charge in [-0.15, -0.1) is 0 Å². The fourth-order valence-electron chi connectivity index (χ4n) is 1.92. The molecule has 100 valence electrons. The molecule has 0 aliphatic carbocycles. The van der Waals surface area contributed by atoms with Crippen molar-refractivity contribution in [2.45, 2.75) is 6.92 Å². The summed E-state index contributed by atoms with van der Waals surface area (Å²) in [5.74, 6) is 1.06. The van der Waals surface area contributed by atoms with Crippen molar-refractivity contribution in [1.82, 2.24) is 0 Å². The lowest BCUT2D eigenvalue weighted by molar-refractivity contribution is 0.365. The Morgan fingerprint density at radius 3 is 2.58 bits per heavy atom. The van der Waals surface area contributed by atoms with Gasteiger partial charge in [-0.2, -0.15) is 0 Å². The predicted octanol–water partition coefficient (Wildman–Crippen LogP) is 3.21. The highest BCUT2D eigenvalue weighted by Gasteiger charge is 2.13. The van der Waals surface area contributed by atoms with Crippen LogP contribution in [0.25, 0.3) is 10.8 Å². The molecule has 0 aromatic heterocycles. The normalized spacial score (nSPS) is 11.1. The standard InChI is InChI=1S/C15H16O4/c1-3-4-7-19-13-5-6-14(18-2)15-11(13)8-10(16)9-12(15)17/h3-6,8-9,16-17H,7H2,1-2H3/b4-3+. The molecule has 0 saturated carbocycles. The Balaban J connectivity index is 2.59. The summed E-state index contributed by atoms with van der Waals surface area (Å²) < 4.78 is 10.8. The quantitative estimate of drug-likeness (QED) is 0.829. The highest BCUT2D eigenvalue weighted by molar-refractivity contribution is 5.98. The van der Waals surface area contributed by atoms with Crippen LogP contribution in [0.5, 0.6) is 23.0 Å². The van der Waals surface area contributed by atoms with Gasteiger partial charge in [-0.05, 0) is 25.1 Å². The summed E-state index contributed by atoms with van der Waals surface area (Å²) in [6.07, 6.45) is 3.76. The third-order valence-corrected chi connectivity index (χ3v) is 2.79. The van der Waals surface area contributed by atoms with Gasteiger partial charge in [-0.25, -0.2) is 0 Å². The molecule has 19 heavy (non-hydrogen) atoms. The van der Waals surface area contributed by atoms with Crippen molar-refractivity contribution in [3.05, 3.63) is 36.4 Å². The van der Waals surface area contributed by atoms with Gasteiger partial charge in [0, 0.05) is 11.5 Å². The number of ether oxygens (including phenoxy) is 2. The molecule has 0 heterocycles. The number of rotatable bonds is 4. The molecule has 0 saturated heterocycles. The zero-order chi connectivity index (χ0) is 13.8. The second kappa shape index (κ2) is 5.52. The number of allylic oxidation sites excluding steroid dienone is 1. The smallest absolute Gasteiger partial charge is 0.130 e. The van der Waals surface area contributed by atoms with Gasteiger partial charge in [0.15, 0.2) is 0 Å². The molecule has 2 aromatic carbocycles. The van der Waals surface area contributed by atoms with E-state index in [0.717, 1.165) is 0 Å². The van der Waals surface area contributed by atoms with Crippen LogP contribution in [0.2, 0.25) is 0 Å². The van der Waals surface area contributed by atoms with E-state index in [-0.39, 0.29) is 11.5 Å². The topological polar surface area (TPSA) is 58.9 Å². The van der Waals surface area contributed by atoms with Crippen molar-refractivity contribution in [1.29, 1.82) is 0 Å². The first-order chi connectivity index (χ1) is 9.17. The second-order valence-electron chi connectivity index (χ2n) is 4.03. The third kappa shape index (κ3) is 2.57. The molecule has 0 unspecified atom stereocenters. The van der Waals surface area contributed by atoms with Crippen LogP contribution >= 0.6 is 0 Å². The Morgan fingerprint density at radius 2 is 1.89 bits per heavy atom. The summed E-state index contributed by atoms with van der Waals surface area (Å²) in [7, 11) is 1.53. The Hall–Kier alpha value is -2.36. The molecular weight excluding hydrogens is 244 g/mol. The molecule has 0 fully saturated rings. The van der Waals surface area contributed by atoms with Crippen molar-refractivity contribution in [2.75, 3.05) is 13.7 Å². The summed E-state index contributed by atoms with van der Waals surface area (Å²) in [5.41, 5.74) is 0. The first-order valence-corrected chi connectivity index (χ1v) is 5.94. The summed E-state index contributed by atoms with van der Waals surface area (Å²) in [5, 5.41) is 20.7. The van der Waals surface area contributed by atoms with E-state index < -0.39 is 0 Å². The van der Waals surface area contributed by atoms with Crippen molar-refractivity contribution >= 4 is 10.8 Å². The summed E-state index contributed by atoms with van der Waals surface area (Å²) in [6, 6.07) is 6.30. The average Bonchev–Trinajstić information content (AvgIpc) is 2.39. The van der Waals surface area contributed by atoms with Crippen LogP contribution in [0.4, 0.5) is 0 Å². The maximum Gasteiger partial charge on any atom is 0.130 e. The lowest BCUT2D eigenvalue weighted by Crippen LogP contribution is -1.95. The molecule has 2 rings (SSSR count). The van der Waals surface area contributed by atoms with Crippen molar-refractivity contribution < 1.29 is 19.7 Å². The maximum absolute atomic E-state index is 9.95. The van der Waals surface area contributed by atoms with Gasteiger partial charge in [0.1, 0.15) is 29.6 Å². The van der Waals surface area contributed by atoms with E-state index in [1.807, 2.05) is 19.1 Å².